The van der Waals surface area contributed by atoms with Gasteiger partial charge in [0.25, 0.3) is 0 Å². The second-order valence-electron chi connectivity index (χ2n) is 2.50. The quantitative estimate of drug-likeness (QED) is 0.673. The average molecular weight is 266 g/mol. The Hall–Kier alpha value is 0.440. The van der Waals surface area contributed by atoms with Crippen molar-refractivity contribution in [3.05, 3.63) is 21.6 Å². The molecule has 10 heavy (non-hydrogen) atoms. The minimum Gasteiger partial charge on any atom is -0.0742 e. The first-order valence-electron chi connectivity index (χ1n) is 3.44. The molecular weight excluding hydrogens is 256 g/mol. The highest BCUT2D eigenvalue weighted by Crippen LogP contribution is 2.27. The summed E-state index contributed by atoms with van der Waals surface area (Å²) in [6, 6.07) is 0. The molecular formula is C8H10Br2. The molecule has 0 bridgehead atoms. The summed E-state index contributed by atoms with van der Waals surface area (Å²) in [4.78, 5) is 1.96. The van der Waals surface area contributed by atoms with E-state index >= 15 is 0 Å². The number of allylic oxidation sites excluding steroid dienone is 3. The molecule has 0 aromatic carbocycles. The molecule has 0 fully saturated rings. The molecule has 0 amide bonds. The molecule has 0 spiro atoms. The Morgan fingerprint density at radius 2 is 2.40 bits per heavy atom. The summed E-state index contributed by atoms with van der Waals surface area (Å²) in [5.74, 6) is 0.751. The molecule has 0 aliphatic heterocycles. The lowest BCUT2D eigenvalue weighted by atomic mass is 9.95. The third-order valence-electron chi connectivity index (χ3n) is 1.74. The first kappa shape index (κ1) is 8.54. The number of hydrogen-bond acceptors (Lipinski definition) is 0. The summed E-state index contributed by atoms with van der Waals surface area (Å²) in [7, 11) is 0. The molecule has 0 nitrogen and oxygen atoms in total. The van der Waals surface area contributed by atoms with E-state index in [0.29, 0.717) is 0 Å². The van der Waals surface area contributed by atoms with Crippen LogP contribution in [0.1, 0.15) is 19.3 Å². The van der Waals surface area contributed by atoms with Crippen LogP contribution in [0.4, 0.5) is 0 Å². The van der Waals surface area contributed by atoms with Gasteiger partial charge >= 0.3 is 0 Å². The van der Waals surface area contributed by atoms with Crippen LogP contribution in [0.2, 0.25) is 0 Å². The van der Waals surface area contributed by atoms with Gasteiger partial charge in [-0.3, -0.25) is 0 Å². The van der Waals surface area contributed by atoms with Crippen LogP contribution in [0, 0.1) is 5.92 Å². The van der Waals surface area contributed by atoms with E-state index in [1.807, 2.05) is 4.99 Å². The maximum Gasteiger partial charge on any atom is -0.00888 e. The average Bonchev–Trinajstić information content (AvgIpc) is 1.95. The second-order valence-corrected chi connectivity index (χ2v) is 4.05. The van der Waals surface area contributed by atoms with Crippen molar-refractivity contribution in [2.45, 2.75) is 19.3 Å². The van der Waals surface area contributed by atoms with Crippen molar-refractivity contribution < 1.29 is 0 Å². The minimum absolute atomic E-state index is 0.751. The zero-order valence-electron chi connectivity index (χ0n) is 5.69. The highest BCUT2D eigenvalue weighted by Gasteiger charge is 2.08. The molecule has 0 saturated heterocycles. The lowest BCUT2D eigenvalue weighted by molar-refractivity contribution is 0.581. The maximum atomic E-state index is 3.49. The van der Waals surface area contributed by atoms with E-state index in [2.05, 4.69) is 44.0 Å². The fraction of sp³-hybridized carbons (Fsp3) is 0.500. The first-order chi connectivity index (χ1) is 4.83. The Morgan fingerprint density at radius 1 is 1.60 bits per heavy atom. The molecule has 0 saturated carbocycles. The topological polar surface area (TPSA) is 0 Å². The van der Waals surface area contributed by atoms with Crippen LogP contribution < -0.4 is 0 Å². The largest absolute Gasteiger partial charge is 0.0742 e. The summed E-state index contributed by atoms with van der Waals surface area (Å²) >= 11 is 6.78. The van der Waals surface area contributed by atoms with Gasteiger partial charge in [0.15, 0.2) is 0 Å². The molecule has 1 rings (SSSR count). The molecule has 0 heterocycles. The summed E-state index contributed by atoms with van der Waals surface area (Å²) < 4.78 is 1.37. The molecule has 1 atom stereocenters. The van der Waals surface area contributed by atoms with E-state index in [1.54, 1.807) is 0 Å². The molecule has 0 aromatic heterocycles. The van der Waals surface area contributed by atoms with E-state index in [0.717, 1.165) is 5.92 Å². The van der Waals surface area contributed by atoms with Gasteiger partial charge in [-0.05, 0) is 34.6 Å². The van der Waals surface area contributed by atoms with Crippen LogP contribution in [0.3, 0.4) is 0 Å². The number of rotatable bonds is 1. The highest BCUT2D eigenvalue weighted by molar-refractivity contribution is 9.11. The fourth-order valence-corrected chi connectivity index (χ4v) is 1.95. The molecule has 2 heteroatoms. The molecule has 1 aliphatic rings. The van der Waals surface area contributed by atoms with Crippen molar-refractivity contribution in [3.63, 3.8) is 0 Å². The zero-order chi connectivity index (χ0) is 7.40. The third-order valence-corrected chi connectivity index (χ3v) is 2.77. The Morgan fingerprint density at radius 3 is 2.90 bits per heavy atom. The Balaban J connectivity index is 2.42. The van der Waals surface area contributed by atoms with Gasteiger partial charge in [0, 0.05) is 0 Å². The summed E-state index contributed by atoms with van der Waals surface area (Å²) in [6.45, 7) is 0. The molecule has 1 aliphatic carbocycles. The predicted octanol–water partition coefficient (Wildman–Crippen LogP) is 3.97. The fourth-order valence-electron chi connectivity index (χ4n) is 1.10. The van der Waals surface area contributed by atoms with Gasteiger partial charge < -0.3 is 0 Å². The smallest absolute Gasteiger partial charge is 0.00888 e. The second kappa shape index (κ2) is 4.35. The third kappa shape index (κ3) is 2.59. The van der Waals surface area contributed by atoms with Crippen molar-refractivity contribution in [2.75, 3.05) is 0 Å². The van der Waals surface area contributed by atoms with Gasteiger partial charge in [-0.25, -0.2) is 0 Å². The number of hydrogen-bond donors (Lipinski definition) is 0. The SMILES string of the molecule is BrC=CC1CC=C(Br)CC1. The van der Waals surface area contributed by atoms with Gasteiger partial charge in [0.05, 0.1) is 0 Å². The lowest BCUT2D eigenvalue weighted by Crippen LogP contribution is -1.99. The maximum absolute atomic E-state index is 3.49. The summed E-state index contributed by atoms with van der Waals surface area (Å²) in [6.07, 6.45) is 8.14. The van der Waals surface area contributed by atoms with E-state index in [1.165, 1.54) is 23.7 Å². The molecule has 1 unspecified atom stereocenters. The number of halogens is 2. The Kier molecular flexibility index (Phi) is 3.71. The van der Waals surface area contributed by atoms with Crippen LogP contribution in [0.5, 0.6) is 0 Å². The van der Waals surface area contributed by atoms with Crippen molar-refractivity contribution in [1.82, 2.24) is 0 Å². The van der Waals surface area contributed by atoms with E-state index in [9.17, 15) is 0 Å². The van der Waals surface area contributed by atoms with Gasteiger partial charge in [-0.2, -0.15) is 0 Å². The van der Waals surface area contributed by atoms with Crippen LogP contribution in [0.15, 0.2) is 21.6 Å². The molecule has 56 valence electrons. The monoisotopic (exact) mass is 264 g/mol. The van der Waals surface area contributed by atoms with Crippen LogP contribution in [-0.2, 0) is 0 Å². The Bertz CT molecular complexity index is 159. The van der Waals surface area contributed by atoms with Crippen molar-refractivity contribution in [3.8, 4) is 0 Å². The lowest BCUT2D eigenvalue weighted by Gasteiger charge is -2.14. The summed E-state index contributed by atoms with van der Waals surface area (Å²) in [5.41, 5.74) is 0. The zero-order valence-corrected chi connectivity index (χ0v) is 8.86. The summed E-state index contributed by atoms with van der Waals surface area (Å²) in [5, 5.41) is 0. The standard InChI is InChI=1S/C8H10Br2/c9-6-5-7-1-3-8(10)4-2-7/h3,5-7H,1-2,4H2. The van der Waals surface area contributed by atoms with Crippen LogP contribution in [0.25, 0.3) is 0 Å². The van der Waals surface area contributed by atoms with Gasteiger partial charge in [-0.15, -0.1) is 0 Å². The highest BCUT2D eigenvalue weighted by atomic mass is 79.9. The molecule has 0 aromatic rings. The molecule has 0 N–H and O–H groups in total. The van der Waals surface area contributed by atoms with Gasteiger partial charge in [-0.1, -0.05) is 44.0 Å². The van der Waals surface area contributed by atoms with E-state index < -0.39 is 0 Å². The van der Waals surface area contributed by atoms with E-state index in [-0.39, 0.29) is 0 Å². The Labute approximate surface area is 78.6 Å². The van der Waals surface area contributed by atoms with Gasteiger partial charge in [0.2, 0.25) is 0 Å². The van der Waals surface area contributed by atoms with Crippen molar-refractivity contribution in [1.29, 1.82) is 0 Å². The van der Waals surface area contributed by atoms with Gasteiger partial charge in [0.1, 0.15) is 0 Å². The van der Waals surface area contributed by atoms with Crippen LogP contribution in [-0.4, -0.2) is 0 Å². The van der Waals surface area contributed by atoms with Crippen molar-refractivity contribution >= 4 is 31.9 Å². The minimum atomic E-state index is 0.751. The van der Waals surface area contributed by atoms with E-state index in [4.69, 9.17) is 0 Å². The van der Waals surface area contributed by atoms with Crippen molar-refractivity contribution in [2.24, 2.45) is 5.92 Å². The molecule has 0 radical (unpaired) electrons. The predicted molar refractivity (Wildman–Crippen MR) is 52.4 cm³/mol. The van der Waals surface area contributed by atoms with Crippen LogP contribution >= 0.6 is 31.9 Å². The normalized spacial score (nSPS) is 27.0. The first-order valence-corrected chi connectivity index (χ1v) is 5.15.